The third-order valence-electron chi connectivity index (χ3n) is 3.06. The molecule has 0 radical (unpaired) electrons. The Labute approximate surface area is 128 Å². The smallest absolute Gasteiger partial charge is 0.337 e. The standard InChI is InChI=1S/C17H17NO4/c1-12-5-3-4-6-15(12)18-16(19)11-22-14-9-7-13(8-10-14)17(20)21-2/h3-10H,11H2,1-2H3,(H,18,19). The molecule has 22 heavy (non-hydrogen) atoms. The summed E-state index contributed by atoms with van der Waals surface area (Å²) in [6.45, 7) is 1.81. The van der Waals surface area contributed by atoms with Crippen molar-refractivity contribution in [2.75, 3.05) is 19.0 Å². The van der Waals surface area contributed by atoms with Gasteiger partial charge in [-0.1, -0.05) is 18.2 Å². The van der Waals surface area contributed by atoms with Crippen molar-refractivity contribution in [3.63, 3.8) is 0 Å². The normalized spacial score (nSPS) is 9.91. The van der Waals surface area contributed by atoms with Gasteiger partial charge in [0.1, 0.15) is 5.75 Å². The lowest BCUT2D eigenvalue weighted by Gasteiger charge is -2.09. The molecule has 0 bridgehead atoms. The molecular formula is C17H17NO4. The zero-order valence-electron chi connectivity index (χ0n) is 12.5. The van der Waals surface area contributed by atoms with Gasteiger partial charge in [0, 0.05) is 5.69 Å². The zero-order chi connectivity index (χ0) is 15.9. The summed E-state index contributed by atoms with van der Waals surface area (Å²) in [4.78, 5) is 23.1. The second-order valence-electron chi connectivity index (χ2n) is 4.67. The monoisotopic (exact) mass is 299 g/mol. The molecule has 0 saturated carbocycles. The van der Waals surface area contributed by atoms with Crippen LogP contribution in [-0.2, 0) is 9.53 Å². The lowest BCUT2D eigenvalue weighted by atomic mass is 10.2. The van der Waals surface area contributed by atoms with Gasteiger partial charge >= 0.3 is 5.97 Å². The highest BCUT2D eigenvalue weighted by Gasteiger charge is 2.07. The number of anilines is 1. The van der Waals surface area contributed by atoms with Gasteiger partial charge in [0.15, 0.2) is 6.61 Å². The van der Waals surface area contributed by atoms with E-state index in [1.165, 1.54) is 7.11 Å². The Balaban J connectivity index is 1.89. The predicted octanol–water partition coefficient (Wildman–Crippen LogP) is 2.80. The molecule has 0 fully saturated rings. The van der Waals surface area contributed by atoms with E-state index < -0.39 is 5.97 Å². The van der Waals surface area contributed by atoms with Crippen molar-refractivity contribution in [3.05, 3.63) is 59.7 Å². The first-order valence-corrected chi connectivity index (χ1v) is 6.77. The third-order valence-corrected chi connectivity index (χ3v) is 3.06. The van der Waals surface area contributed by atoms with Gasteiger partial charge in [0.2, 0.25) is 0 Å². The number of hydrogen-bond donors (Lipinski definition) is 1. The molecule has 0 aromatic heterocycles. The number of ether oxygens (including phenoxy) is 2. The molecule has 0 atom stereocenters. The minimum Gasteiger partial charge on any atom is -0.484 e. The van der Waals surface area contributed by atoms with Crippen molar-refractivity contribution in [2.45, 2.75) is 6.92 Å². The number of methoxy groups -OCH3 is 1. The summed E-state index contributed by atoms with van der Waals surface area (Å²) in [5.41, 5.74) is 2.18. The fraction of sp³-hybridized carbons (Fsp3) is 0.176. The Morgan fingerprint density at radius 3 is 2.36 bits per heavy atom. The Bertz CT molecular complexity index is 665. The summed E-state index contributed by atoms with van der Waals surface area (Å²) < 4.78 is 9.99. The summed E-state index contributed by atoms with van der Waals surface area (Å²) in [6, 6.07) is 13.9. The summed E-state index contributed by atoms with van der Waals surface area (Å²) in [7, 11) is 1.32. The van der Waals surface area contributed by atoms with E-state index in [1.807, 2.05) is 31.2 Å². The zero-order valence-corrected chi connectivity index (χ0v) is 12.5. The number of benzene rings is 2. The average molecular weight is 299 g/mol. The number of rotatable bonds is 5. The Morgan fingerprint density at radius 2 is 1.73 bits per heavy atom. The van der Waals surface area contributed by atoms with Crippen LogP contribution in [0.1, 0.15) is 15.9 Å². The van der Waals surface area contributed by atoms with Gasteiger partial charge < -0.3 is 14.8 Å². The molecule has 0 spiro atoms. The Hall–Kier alpha value is -2.82. The van der Waals surface area contributed by atoms with Crippen LogP contribution in [0, 0.1) is 6.92 Å². The number of hydrogen-bond acceptors (Lipinski definition) is 4. The molecule has 1 N–H and O–H groups in total. The third kappa shape index (κ3) is 4.09. The van der Waals surface area contributed by atoms with Crippen LogP contribution in [0.25, 0.3) is 0 Å². The lowest BCUT2D eigenvalue weighted by molar-refractivity contribution is -0.118. The van der Waals surface area contributed by atoms with Gasteiger partial charge in [-0.25, -0.2) is 4.79 Å². The number of carbonyl (C=O) groups is 2. The van der Waals surface area contributed by atoms with Crippen molar-refractivity contribution < 1.29 is 19.1 Å². The van der Waals surface area contributed by atoms with Gasteiger partial charge in [-0.3, -0.25) is 4.79 Å². The number of amides is 1. The molecule has 2 aromatic carbocycles. The SMILES string of the molecule is COC(=O)c1ccc(OCC(=O)Nc2ccccc2C)cc1. The van der Waals surface area contributed by atoms with E-state index in [4.69, 9.17) is 4.74 Å². The van der Waals surface area contributed by atoms with E-state index in [-0.39, 0.29) is 12.5 Å². The largest absolute Gasteiger partial charge is 0.484 e. The maximum atomic E-state index is 11.8. The van der Waals surface area contributed by atoms with Gasteiger partial charge in [0.05, 0.1) is 12.7 Å². The van der Waals surface area contributed by atoms with Crippen LogP contribution in [0.2, 0.25) is 0 Å². The highest BCUT2D eigenvalue weighted by atomic mass is 16.5. The first kappa shape index (κ1) is 15.6. The molecule has 0 aliphatic carbocycles. The second-order valence-corrected chi connectivity index (χ2v) is 4.67. The number of para-hydroxylation sites is 1. The number of aryl methyl sites for hydroxylation is 1. The molecule has 0 heterocycles. The van der Waals surface area contributed by atoms with Crippen molar-refractivity contribution in [1.82, 2.24) is 0 Å². The molecule has 0 aliphatic rings. The minimum absolute atomic E-state index is 0.105. The quantitative estimate of drug-likeness (QED) is 0.862. The van der Waals surface area contributed by atoms with E-state index in [9.17, 15) is 9.59 Å². The first-order valence-electron chi connectivity index (χ1n) is 6.77. The van der Waals surface area contributed by atoms with Crippen molar-refractivity contribution in [1.29, 1.82) is 0 Å². The molecule has 5 heteroatoms. The van der Waals surface area contributed by atoms with Gasteiger partial charge in [0.25, 0.3) is 5.91 Å². The molecule has 0 aliphatic heterocycles. The maximum Gasteiger partial charge on any atom is 0.337 e. The van der Waals surface area contributed by atoms with Crippen LogP contribution in [0.15, 0.2) is 48.5 Å². The highest BCUT2D eigenvalue weighted by molar-refractivity contribution is 5.92. The lowest BCUT2D eigenvalue weighted by Crippen LogP contribution is -2.20. The second kappa shape index (κ2) is 7.26. The van der Waals surface area contributed by atoms with E-state index in [2.05, 4.69) is 10.1 Å². The highest BCUT2D eigenvalue weighted by Crippen LogP contribution is 2.15. The van der Waals surface area contributed by atoms with E-state index >= 15 is 0 Å². The number of nitrogens with one attached hydrogen (secondary N) is 1. The van der Waals surface area contributed by atoms with Crippen molar-refractivity contribution in [3.8, 4) is 5.75 Å². The molecule has 2 rings (SSSR count). The minimum atomic E-state index is -0.413. The molecule has 2 aromatic rings. The average Bonchev–Trinajstić information content (AvgIpc) is 2.55. The molecule has 1 amide bonds. The molecule has 5 nitrogen and oxygen atoms in total. The summed E-state index contributed by atoms with van der Waals surface area (Å²) in [5.74, 6) is -0.150. The summed E-state index contributed by atoms with van der Waals surface area (Å²) in [5, 5.41) is 2.78. The van der Waals surface area contributed by atoms with E-state index in [1.54, 1.807) is 24.3 Å². The van der Waals surface area contributed by atoms with Crippen LogP contribution in [0.5, 0.6) is 5.75 Å². The van der Waals surface area contributed by atoms with Gasteiger partial charge in [-0.2, -0.15) is 0 Å². The Morgan fingerprint density at radius 1 is 1.05 bits per heavy atom. The van der Waals surface area contributed by atoms with Gasteiger partial charge in [-0.05, 0) is 42.8 Å². The van der Waals surface area contributed by atoms with Crippen LogP contribution in [0.3, 0.4) is 0 Å². The van der Waals surface area contributed by atoms with Crippen LogP contribution in [0.4, 0.5) is 5.69 Å². The summed E-state index contributed by atoms with van der Waals surface area (Å²) >= 11 is 0. The van der Waals surface area contributed by atoms with Gasteiger partial charge in [-0.15, -0.1) is 0 Å². The first-order chi connectivity index (χ1) is 10.6. The van der Waals surface area contributed by atoms with E-state index in [0.717, 1.165) is 11.3 Å². The molecule has 0 saturated heterocycles. The van der Waals surface area contributed by atoms with Crippen LogP contribution >= 0.6 is 0 Å². The maximum absolute atomic E-state index is 11.8. The van der Waals surface area contributed by atoms with Crippen LogP contribution < -0.4 is 10.1 Å². The topological polar surface area (TPSA) is 64.6 Å². The molecule has 114 valence electrons. The number of carbonyl (C=O) groups excluding carboxylic acids is 2. The molecular weight excluding hydrogens is 282 g/mol. The predicted molar refractivity (Wildman–Crippen MR) is 83.1 cm³/mol. The van der Waals surface area contributed by atoms with E-state index in [0.29, 0.717) is 11.3 Å². The van der Waals surface area contributed by atoms with Crippen molar-refractivity contribution >= 4 is 17.6 Å². The Kier molecular flexibility index (Phi) is 5.14. The fourth-order valence-electron chi connectivity index (χ4n) is 1.85. The van der Waals surface area contributed by atoms with Crippen LogP contribution in [-0.4, -0.2) is 25.6 Å². The van der Waals surface area contributed by atoms with Crippen molar-refractivity contribution in [2.24, 2.45) is 0 Å². The molecule has 0 unspecified atom stereocenters. The fourth-order valence-corrected chi connectivity index (χ4v) is 1.85. The number of esters is 1. The summed E-state index contributed by atoms with van der Waals surface area (Å²) in [6.07, 6.45) is 0.